The lowest BCUT2D eigenvalue weighted by molar-refractivity contribution is 0.182. The van der Waals surface area contributed by atoms with Gasteiger partial charge in [0.25, 0.3) is 0 Å². The van der Waals surface area contributed by atoms with Crippen molar-refractivity contribution >= 4 is 26.6 Å². The van der Waals surface area contributed by atoms with Crippen molar-refractivity contribution in [2.75, 3.05) is 30.9 Å². The van der Waals surface area contributed by atoms with Crippen molar-refractivity contribution in [1.29, 1.82) is 0 Å². The molecule has 0 atom stereocenters. The molecule has 148 valence electrons. The maximum Gasteiger partial charge on any atom is 0.211 e. The number of nitrogens with zero attached hydrogens (tertiary/aromatic N) is 2. The van der Waals surface area contributed by atoms with E-state index in [0.29, 0.717) is 39.0 Å². The third-order valence-electron chi connectivity index (χ3n) is 4.75. The molecule has 1 aromatic heterocycles. The maximum absolute atomic E-state index is 13.8. The summed E-state index contributed by atoms with van der Waals surface area (Å²) in [4.78, 5) is 6.71. The van der Waals surface area contributed by atoms with Crippen LogP contribution < -0.4 is 9.62 Å². The van der Waals surface area contributed by atoms with Gasteiger partial charge < -0.3 is 9.64 Å². The quantitative estimate of drug-likeness (QED) is 0.781. The zero-order valence-electron chi connectivity index (χ0n) is 15.7. The summed E-state index contributed by atoms with van der Waals surface area (Å²) in [6.45, 7) is 3.63. The van der Waals surface area contributed by atoms with E-state index < -0.39 is 10.0 Å². The molecule has 0 amide bonds. The second kappa shape index (κ2) is 8.50. The van der Waals surface area contributed by atoms with E-state index in [-0.39, 0.29) is 17.6 Å². The Morgan fingerprint density at radius 3 is 2.70 bits per heavy atom. The van der Waals surface area contributed by atoms with Crippen LogP contribution in [0.5, 0.6) is 0 Å². The summed E-state index contributed by atoms with van der Waals surface area (Å²) in [6.07, 6.45) is 2.02. The minimum Gasteiger partial charge on any atom is -0.378 e. The number of rotatable bonds is 7. The summed E-state index contributed by atoms with van der Waals surface area (Å²) in [6, 6.07) is 6.47. The van der Waals surface area contributed by atoms with Crippen molar-refractivity contribution in [1.82, 2.24) is 9.71 Å². The van der Waals surface area contributed by atoms with Crippen LogP contribution in [0.2, 0.25) is 0 Å². The third kappa shape index (κ3) is 4.94. The van der Waals surface area contributed by atoms with Crippen LogP contribution in [0, 0.1) is 5.82 Å². The molecule has 1 saturated heterocycles. The number of nitrogens with one attached hydrogen (secondary N) is 1. The first-order valence-corrected chi connectivity index (χ1v) is 10.9. The number of halogens is 1. The summed E-state index contributed by atoms with van der Waals surface area (Å²) < 4.78 is 45.8. The van der Waals surface area contributed by atoms with Crippen molar-refractivity contribution in [3.8, 4) is 0 Å². The van der Waals surface area contributed by atoms with Crippen molar-refractivity contribution in [3.63, 3.8) is 0 Å². The summed E-state index contributed by atoms with van der Waals surface area (Å²) in [7, 11) is -1.60. The number of pyridine rings is 1. The molecule has 2 heterocycles. The van der Waals surface area contributed by atoms with Gasteiger partial charge in [-0.05, 0) is 43.5 Å². The Morgan fingerprint density at radius 1 is 1.30 bits per heavy atom. The van der Waals surface area contributed by atoms with Crippen LogP contribution in [-0.4, -0.2) is 45.4 Å². The van der Waals surface area contributed by atoms with Crippen LogP contribution in [0.3, 0.4) is 0 Å². The molecule has 0 unspecified atom stereocenters. The third-order valence-corrected chi connectivity index (χ3v) is 6.39. The molecule has 3 rings (SSSR count). The zero-order chi connectivity index (χ0) is 19.4. The number of anilines is 1. The normalized spacial score (nSPS) is 16.2. The smallest absolute Gasteiger partial charge is 0.211 e. The Bertz CT molecular complexity index is 896. The molecule has 0 bridgehead atoms. The van der Waals surface area contributed by atoms with Crippen LogP contribution >= 0.6 is 0 Å². The Labute approximate surface area is 159 Å². The first kappa shape index (κ1) is 20.0. The van der Waals surface area contributed by atoms with E-state index in [4.69, 9.17) is 4.74 Å². The van der Waals surface area contributed by atoms with Crippen LogP contribution in [0.1, 0.15) is 31.9 Å². The summed E-state index contributed by atoms with van der Waals surface area (Å²) in [5, 5.41) is 0.764. The highest BCUT2D eigenvalue weighted by atomic mass is 32.2. The fourth-order valence-electron chi connectivity index (χ4n) is 3.54. The number of piperidine rings is 1. The molecule has 0 radical (unpaired) electrons. The molecule has 1 aromatic carbocycles. The van der Waals surface area contributed by atoms with E-state index in [1.807, 2.05) is 13.0 Å². The Kier molecular flexibility index (Phi) is 6.29. The summed E-state index contributed by atoms with van der Waals surface area (Å²) in [5.74, 6) is -0.144. The standard InChI is InChI=1S/C19H26FN3O3S/c1-3-10-27(24,25)22-15-6-8-23(9-7-15)19-12-16(13-26-2)21-18-5-4-14(20)11-17(18)19/h4-5,11-12,15,22H,3,6-10,13H2,1-2H3. The lowest BCUT2D eigenvalue weighted by Gasteiger charge is -2.34. The Balaban J connectivity index is 1.81. The molecule has 0 saturated carbocycles. The van der Waals surface area contributed by atoms with Gasteiger partial charge in [0.1, 0.15) is 5.82 Å². The molecule has 8 heteroatoms. The fourth-order valence-corrected chi connectivity index (χ4v) is 4.94. The van der Waals surface area contributed by atoms with Gasteiger partial charge in [-0.15, -0.1) is 0 Å². The molecular weight excluding hydrogens is 369 g/mol. The van der Waals surface area contributed by atoms with Gasteiger partial charge >= 0.3 is 0 Å². The van der Waals surface area contributed by atoms with E-state index in [1.165, 1.54) is 12.1 Å². The number of sulfonamides is 1. The monoisotopic (exact) mass is 395 g/mol. The zero-order valence-corrected chi connectivity index (χ0v) is 16.6. The molecule has 27 heavy (non-hydrogen) atoms. The number of aromatic nitrogens is 1. The van der Waals surface area contributed by atoms with Gasteiger partial charge in [0.05, 0.1) is 23.6 Å². The predicted octanol–water partition coefficient (Wildman–Crippen LogP) is 2.82. The largest absolute Gasteiger partial charge is 0.378 e. The SMILES string of the molecule is CCCS(=O)(=O)NC1CCN(c2cc(COC)nc3ccc(F)cc23)CC1. The molecule has 1 aliphatic heterocycles. The highest BCUT2D eigenvalue weighted by molar-refractivity contribution is 7.89. The van der Waals surface area contributed by atoms with E-state index in [0.717, 1.165) is 22.3 Å². The maximum atomic E-state index is 13.8. The van der Waals surface area contributed by atoms with Crippen LogP contribution in [0.25, 0.3) is 10.9 Å². The van der Waals surface area contributed by atoms with E-state index in [2.05, 4.69) is 14.6 Å². The Hall–Kier alpha value is -1.77. The van der Waals surface area contributed by atoms with E-state index in [9.17, 15) is 12.8 Å². The minimum absolute atomic E-state index is 0.0546. The highest BCUT2D eigenvalue weighted by Crippen LogP contribution is 2.30. The van der Waals surface area contributed by atoms with Gasteiger partial charge in [0.15, 0.2) is 0 Å². The molecule has 2 aromatic rings. The topological polar surface area (TPSA) is 71.5 Å². The van der Waals surface area contributed by atoms with Crippen LogP contribution in [-0.2, 0) is 21.4 Å². The average molecular weight is 396 g/mol. The number of methoxy groups -OCH3 is 1. The van der Waals surface area contributed by atoms with Crippen molar-refractivity contribution in [2.24, 2.45) is 0 Å². The molecule has 1 N–H and O–H groups in total. The van der Waals surface area contributed by atoms with E-state index >= 15 is 0 Å². The molecule has 0 spiro atoms. The summed E-state index contributed by atoms with van der Waals surface area (Å²) in [5.41, 5.74) is 2.44. The second-order valence-corrected chi connectivity index (χ2v) is 8.80. The number of hydrogen-bond donors (Lipinski definition) is 1. The lowest BCUT2D eigenvalue weighted by Crippen LogP contribution is -2.45. The minimum atomic E-state index is -3.21. The molecule has 1 aliphatic rings. The number of benzene rings is 1. The second-order valence-electron chi connectivity index (χ2n) is 6.93. The highest BCUT2D eigenvalue weighted by Gasteiger charge is 2.24. The Morgan fingerprint density at radius 2 is 2.04 bits per heavy atom. The number of ether oxygens (including phenoxy) is 1. The average Bonchev–Trinajstić information content (AvgIpc) is 2.62. The number of hydrogen-bond acceptors (Lipinski definition) is 5. The van der Waals surface area contributed by atoms with Crippen LogP contribution in [0.15, 0.2) is 24.3 Å². The van der Waals surface area contributed by atoms with Gasteiger partial charge in [-0.3, -0.25) is 4.98 Å². The van der Waals surface area contributed by atoms with Gasteiger partial charge in [-0.2, -0.15) is 0 Å². The van der Waals surface area contributed by atoms with Crippen molar-refractivity contribution in [2.45, 2.75) is 38.8 Å². The predicted molar refractivity (Wildman–Crippen MR) is 105 cm³/mol. The number of fused-ring (bicyclic) bond motifs is 1. The fraction of sp³-hybridized carbons (Fsp3) is 0.526. The van der Waals surface area contributed by atoms with Gasteiger partial charge in [0.2, 0.25) is 10.0 Å². The first-order chi connectivity index (χ1) is 12.9. The van der Waals surface area contributed by atoms with Crippen molar-refractivity contribution < 1.29 is 17.5 Å². The van der Waals surface area contributed by atoms with Crippen LogP contribution in [0.4, 0.5) is 10.1 Å². The summed E-state index contributed by atoms with van der Waals surface area (Å²) >= 11 is 0. The van der Waals surface area contributed by atoms with Crippen molar-refractivity contribution in [3.05, 3.63) is 35.8 Å². The van der Waals surface area contributed by atoms with Gasteiger partial charge in [-0.25, -0.2) is 17.5 Å². The lowest BCUT2D eigenvalue weighted by atomic mass is 10.0. The van der Waals surface area contributed by atoms with Gasteiger partial charge in [-0.1, -0.05) is 6.92 Å². The molecule has 1 fully saturated rings. The first-order valence-electron chi connectivity index (χ1n) is 9.25. The molecule has 6 nitrogen and oxygen atoms in total. The van der Waals surface area contributed by atoms with E-state index in [1.54, 1.807) is 13.2 Å². The molecular formula is C19H26FN3O3S. The van der Waals surface area contributed by atoms with Gasteiger partial charge in [0, 0.05) is 37.3 Å². The molecule has 0 aliphatic carbocycles.